The summed E-state index contributed by atoms with van der Waals surface area (Å²) in [5, 5.41) is 12.0. The van der Waals surface area contributed by atoms with Crippen LogP contribution in [0.15, 0.2) is 51.7 Å². The van der Waals surface area contributed by atoms with Crippen LogP contribution in [0, 0.1) is 0 Å². The Morgan fingerprint density at radius 2 is 2.12 bits per heavy atom. The zero-order valence-corrected chi connectivity index (χ0v) is 20.7. The molecule has 34 heavy (non-hydrogen) atoms. The molecule has 0 bridgehead atoms. The average molecular weight is 498 g/mol. The first-order valence-corrected chi connectivity index (χ1v) is 13.5. The summed E-state index contributed by atoms with van der Waals surface area (Å²) in [7, 11) is 0. The second-order valence-corrected chi connectivity index (χ2v) is 10.1. The van der Waals surface area contributed by atoms with E-state index in [9.17, 15) is 9.59 Å². The summed E-state index contributed by atoms with van der Waals surface area (Å²) in [4.78, 5) is 29.6. The third-order valence-corrected chi connectivity index (χ3v) is 8.01. The number of rotatable bonds is 9. The molecule has 1 unspecified atom stereocenters. The molecule has 4 heterocycles. The summed E-state index contributed by atoms with van der Waals surface area (Å²) in [5.74, 6) is 0.875. The highest BCUT2D eigenvalue weighted by Gasteiger charge is 2.30. The highest BCUT2D eigenvalue weighted by Crippen LogP contribution is 2.35. The molecule has 0 saturated carbocycles. The van der Waals surface area contributed by atoms with Gasteiger partial charge in [-0.15, -0.1) is 21.5 Å². The number of ether oxygens (including phenoxy) is 1. The maximum Gasteiger partial charge on any atom is 0.262 e. The molecule has 1 amide bonds. The van der Waals surface area contributed by atoms with E-state index in [4.69, 9.17) is 4.74 Å². The molecule has 5 rings (SSSR count). The molecule has 8 nitrogen and oxygen atoms in total. The van der Waals surface area contributed by atoms with Gasteiger partial charge in [-0.05, 0) is 49.8 Å². The molecule has 1 aromatic carbocycles. The summed E-state index contributed by atoms with van der Waals surface area (Å²) in [5.41, 5.74) is 0.664. The largest absolute Gasteiger partial charge is 0.382 e. The summed E-state index contributed by atoms with van der Waals surface area (Å²) in [6.45, 7) is 4.45. The van der Waals surface area contributed by atoms with Crippen LogP contribution in [0.25, 0.3) is 16.7 Å². The molecule has 0 N–H and O–H groups in total. The third kappa shape index (κ3) is 4.37. The van der Waals surface area contributed by atoms with E-state index in [2.05, 4.69) is 21.6 Å². The summed E-state index contributed by atoms with van der Waals surface area (Å²) in [6.07, 6.45) is 2.73. The van der Waals surface area contributed by atoms with Gasteiger partial charge in [0.15, 0.2) is 5.16 Å². The summed E-state index contributed by atoms with van der Waals surface area (Å²) >= 11 is 3.08. The van der Waals surface area contributed by atoms with Gasteiger partial charge in [-0.3, -0.25) is 18.6 Å². The van der Waals surface area contributed by atoms with Crippen molar-refractivity contribution in [3.63, 3.8) is 0 Å². The van der Waals surface area contributed by atoms with Gasteiger partial charge in [-0.1, -0.05) is 30.0 Å². The minimum Gasteiger partial charge on any atom is -0.382 e. The van der Waals surface area contributed by atoms with Gasteiger partial charge in [-0.25, -0.2) is 0 Å². The monoisotopic (exact) mass is 497 g/mol. The number of aromatic nitrogens is 4. The van der Waals surface area contributed by atoms with Crippen LogP contribution in [0.4, 0.5) is 0 Å². The molecule has 0 radical (unpaired) electrons. The number of hydrogen-bond donors (Lipinski definition) is 0. The van der Waals surface area contributed by atoms with Gasteiger partial charge < -0.3 is 9.64 Å². The Balaban J connectivity index is 1.42. The second-order valence-electron chi connectivity index (χ2n) is 8.19. The van der Waals surface area contributed by atoms with E-state index < -0.39 is 0 Å². The van der Waals surface area contributed by atoms with Gasteiger partial charge in [0.05, 0.1) is 22.7 Å². The number of hydrogen-bond acceptors (Lipinski definition) is 7. The molecule has 1 saturated heterocycles. The van der Waals surface area contributed by atoms with Crippen molar-refractivity contribution in [1.29, 1.82) is 0 Å². The fourth-order valence-electron chi connectivity index (χ4n) is 4.55. The second kappa shape index (κ2) is 10.3. The van der Waals surface area contributed by atoms with Crippen molar-refractivity contribution in [2.45, 2.75) is 43.9 Å². The smallest absolute Gasteiger partial charge is 0.262 e. The predicted molar refractivity (Wildman–Crippen MR) is 135 cm³/mol. The van der Waals surface area contributed by atoms with Crippen molar-refractivity contribution in [1.82, 2.24) is 24.1 Å². The summed E-state index contributed by atoms with van der Waals surface area (Å²) in [6, 6.07) is 11.8. The quantitative estimate of drug-likeness (QED) is 0.257. The zero-order valence-electron chi connectivity index (χ0n) is 19.1. The molecule has 3 aromatic heterocycles. The minimum absolute atomic E-state index is 0.0875. The van der Waals surface area contributed by atoms with Gasteiger partial charge in [0.1, 0.15) is 0 Å². The fraction of sp³-hybridized carbons (Fsp3) is 0.417. The fourth-order valence-corrected chi connectivity index (χ4v) is 6.25. The number of para-hydroxylation sites is 1. The number of fused-ring (bicyclic) bond motifs is 3. The maximum atomic E-state index is 13.2. The van der Waals surface area contributed by atoms with Crippen molar-refractivity contribution in [2.24, 2.45) is 0 Å². The normalized spacial score (nSPS) is 16.1. The van der Waals surface area contributed by atoms with Crippen molar-refractivity contribution in [2.75, 3.05) is 25.5 Å². The first-order chi connectivity index (χ1) is 16.7. The number of carbonyl (C=O) groups is 1. The van der Waals surface area contributed by atoms with Crippen LogP contribution in [0.3, 0.4) is 0 Å². The minimum atomic E-state index is -0.0875. The van der Waals surface area contributed by atoms with E-state index in [1.807, 2.05) is 46.6 Å². The highest BCUT2D eigenvalue weighted by molar-refractivity contribution is 7.99. The Kier molecular flexibility index (Phi) is 6.98. The average Bonchev–Trinajstić information content (AvgIpc) is 3.62. The third-order valence-electron chi connectivity index (χ3n) is 6.12. The number of aryl methyl sites for hydroxylation is 1. The standard InChI is InChI=1S/C24H27N5O3S2/c1-2-32-14-7-13-28-22(31)17-8-3-4-9-18(17)29-23(28)25-26-24(29)34-16-21(30)27-12-5-10-19(27)20-11-6-15-33-20/h3-4,6,8-9,11,15,19H,2,5,7,10,12-14,16H2,1H3. The first-order valence-electron chi connectivity index (χ1n) is 11.6. The Morgan fingerprint density at radius 1 is 1.24 bits per heavy atom. The molecule has 1 atom stereocenters. The number of amides is 1. The van der Waals surface area contributed by atoms with E-state index in [1.165, 1.54) is 16.6 Å². The van der Waals surface area contributed by atoms with Gasteiger partial charge in [0.25, 0.3) is 5.56 Å². The van der Waals surface area contributed by atoms with Gasteiger partial charge in [0, 0.05) is 31.2 Å². The number of benzene rings is 1. The van der Waals surface area contributed by atoms with E-state index in [0.717, 1.165) is 24.9 Å². The van der Waals surface area contributed by atoms with E-state index in [1.54, 1.807) is 15.9 Å². The van der Waals surface area contributed by atoms with E-state index in [0.29, 0.717) is 42.5 Å². The molecule has 1 aliphatic heterocycles. The van der Waals surface area contributed by atoms with Gasteiger partial charge in [-0.2, -0.15) is 0 Å². The Hall–Kier alpha value is -2.69. The van der Waals surface area contributed by atoms with Crippen LogP contribution < -0.4 is 5.56 Å². The van der Waals surface area contributed by atoms with Crippen LogP contribution in [-0.4, -0.2) is 55.5 Å². The molecule has 10 heteroatoms. The van der Waals surface area contributed by atoms with Crippen molar-refractivity contribution in [3.8, 4) is 0 Å². The molecule has 178 valence electrons. The number of nitrogens with zero attached hydrogens (tertiary/aromatic N) is 5. The van der Waals surface area contributed by atoms with Crippen LogP contribution in [0.1, 0.15) is 37.1 Å². The van der Waals surface area contributed by atoms with E-state index in [-0.39, 0.29) is 23.3 Å². The number of thiophene rings is 1. The lowest BCUT2D eigenvalue weighted by atomic mass is 10.2. The molecular formula is C24H27N5O3S2. The van der Waals surface area contributed by atoms with Gasteiger partial charge >= 0.3 is 0 Å². The lowest BCUT2D eigenvalue weighted by Gasteiger charge is -2.23. The van der Waals surface area contributed by atoms with Crippen LogP contribution in [0.5, 0.6) is 0 Å². The van der Waals surface area contributed by atoms with Crippen LogP contribution >= 0.6 is 23.1 Å². The van der Waals surface area contributed by atoms with Gasteiger partial charge in [0.2, 0.25) is 11.7 Å². The highest BCUT2D eigenvalue weighted by atomic mass is 32.2. The molecule has 0 spiro atoms. The molecule has 0 aliphatic carbocycles. The van der Waals surface area contributed by atoms with Crippen LogP contribution in [0.2, 0.25) is 0 Å². The van der Waals surface area contributed by atoms with Crippen molar-refractivity contribution < 1.29 is 9.53 Å². The predicted octanol–water partition coefficient (Wildman–Crippen LogP) is 3.99. The topological polar surface area (TPSA) is 81.7 Å². The van der Waals surface area contributed by atoms with Crippen LogP contribution in [-0.2, 0) is 16.1 Å². The number of carbonyl (C=O) groups excluding carboxylic acids is 1. The lowest BCUT2D eigenvalue weighted by Crippen LogP contribution is -2.31. The Morgan fingerprint density at radius 3 is 2.94 bits per heavy atom. The maximum absolute atomic E-state index is 13.2. The number of thioether (sulfide) groups is 1. The van der Waals surface area contributed by atoms with Crippen molar-refractivity contribution >= 4 is 45.7 Å². The summed E-state index contributed by atoms with van der Waals surface area (Å²) < 4.78 is 9.00. The molecular weight excluding hydrogens is 470 g/mol. The zero-order chi connectivity index (χ0) is 23.5. The SMILES string of the molecule is CCOCCCn1c(=O)c2ccccc2n2c(SCC(=O)N3CCCC3c3cccs3)nnc12. The van der Waals surface area contributed by atoms with E-state index >= 15 is 0 Å². The Bertz CT molecular complexity index is 1350. The molecule has 4 aromatic rings. The lowest BCUT2D eigenvalue weighted by molar-refractivity contribution is -0.129. The Labute approximate surface area is 205 Å². The molecule has 1 aliphatic rings. The number of likely N-dealkylation sites (tertiary alicyclic amines) is 1. The van der Waals surface area contributed by atoms with Crippen molar-refractivity contribution in [3.05, 3.63) is 57.0 Å². The molecule has 1 fully saturated rings. The first kappa shape index (κ1) is 23.1.